The van der Waals surface area contributed by atoms with Crippen LogP contribution in [0.25, 0.3) is 0 Å². The van der Waals surface area contributed by atoms with Crippen LogP contribution in [0, 0.1) is 18.8 Å². The highest BCUT2D eigenvalue weighted by atomic mass is 15.4. The van der Waals surface area contributed by atoms with Gasteiger partial charge in [-0.2, -0.15) is 5.10 Å². The maximum absolute atomic E-state index is 4.67. The van der Waals surface area contributed by atoms with Crippen LogP contribution in [0.15, 0.2) is 0 Å². The van der Waals surface area contributed by atoms with Crippen LogP contribution in [0.3, 0.4) is 0 Å². The minimum Gasteiger partial charge on any atom is -0.356 e. The molecule has 20 heavy (non-hydrogen) atoms. The molecule has 2 fully saturated rings. The molecule has 2 aliphatic rings. The third-order valence-corrected chi connectivity index (χ3v) is 4.63. The molecule has 2 unspecified atom stereocenters. The first kappa shape index (κ1) is 13.9. The predicted octanol–water partition coefficient (Wildman–Crippen LogP) is 2.46. The molecule has 0 spiro atoms. The molecule has 4 heteroatoms. The monoisotopic (exact) mass is 276 g/mol. The van der Waals surface area contributed by atoms with Crippen LogP contribution in [0.5, 0.6) is 0 Å². The van der Waals surface area contributed by atoms with Crippen molar-refractivity contribution in [2.24, 2.45) is 18.9 Å². The van der Waals surface area contributed by atoms with Gasteiger partial charge in [0.1, 0.15) is 5.82 Å². The average Bonchev–Trinajstić information content (AvgIpc) is 3.12. The summed E-state index contributed by atoms with van der Waals surface area (Å²) < 4.78 is 2.09. The second kappa shape index (κ2) is 5.40. The van der Waals surface area contributed by atoms with Crippen molar-refractivity contribution in [3.63, 3.8) is 0 Å². The van der Waals surface area contributed by atoms with Crippen LogP contribution in [0.4, 0.5) is 5.82 Å². The number of anilines is 1. The molecule has 4 nitrogen and oxygen atoms in total. The zero-order valence-corrected chi connectivity index (χ0v) is 13.3. The summed E-state index contributed by atoms with van der Waals surface area (Å²) in [5.41, 5.74) is 2.59. The van der Waals surface area contributed by atoms with E-state index in [1.54, 1.807) is 0 Å². The Balaban J connectivity index is 1.82. The number of aromatic nitrogens is 2. The fourth-order valence-corrected chi connectivity index (χ4v) is 3.66. The molecule has 1 saturated carbocycles. The summed E-state index contributed by atoms with van der Waals surface area (Å²) in [6, 6.07) is 0.752. The van der Waals surface area contributed by atoms with Crippen molar-refractivity contribution in [1.29, 1.82) is 0 Å². The van der Waals surface area contributed by atoms with E-state index in [9.17, 15) is 0 Å². The molecule has 1 aliphatic heterocycles. The molecular weight excluding hydrogens is 248 g/mol. The van der Waals surface area contributed by atoms with Crippen molar-refractivity contribution in [2.75, 3.05) is 18.0 Å². The highest BCUT2D eigenvalue weighted by Gasteiger charge is 2.28. The summed E-state index contributed by atoms with van der Waals surface area (Å²) in [6.45, 7) is 10.2. The Hall–Kier alpha value is -1.03. The zero-order valence-electron chi connectivity index (χ0n) is 13.3. The number of rotatable bonds is 4. The standard InChI is InChI=1S/C16H28N4/c1-11-7-12(2)10-20(9-11)16-15(8-17-14-5-6-14)13(3)18-19(16)4/h11-12,14,17H,5-10H2,1-4H3. The summed E-state index contributed by atoms with van der Waals surface area (Å²) in [5.74, 6) is 2.89. The van der Waals surface area contributed by atoms with Crippen LogP contribution in [-0.2, 0) is 13.6 Å². The number of hydrogen-bond donors (Lipinski definition) is 1. The van der Waals surface area contributed by atoms with Crippen molar-refractivity contribution >= 4 is 5.82 Å². The Morgan fingerprint density at radius 1 is 1.20 bits per heavy atom. The second-order valence-electron chi connectivity index (χ2n) is 7.02. The quantitative estimate of drug-likeness (QED) is 0.917. The van der Waals surface area contributed by atoms with Gasteiger partial charge >= 0.3 is 0 Å². The summed E-state index contributed by atoms with van der Waals surface area (Å²) >= 11 is 0. The van der Waals surface area contributed by atoms with Gasteiger partial charge in [0.15, 0.2) is 0 Å². The van der Waals surface area contributed by atoms with Gasteiger partial charge in [0.2, 0.25) is 0 Å². The molecule has 1 N–H and O–H groups in total. The fraction of sp³-hybridized carbons (Fsp3) is 0.812. The fourth-order valence-electron chi connectivity index (χ4n) is 3.66. The first-order valence-corrected chi connectivity index (χ1v) is 8.05. The Morgan fingerprint density at radius 2 is 1.85 bits per heavy atom. The summed E-state index contributed by atoms with van der Waals surface area (Å²) in [7, 11) is 2.09. The summed E-state index contributed by atoms with van der Waals surface area (Å²) in [6.07, 6.45) is 4.03. The van der Waals surface area contributed by atoms with E-state index in [1.807, 2.05) is 0 Å². The summed E-state index contributed by atoms with van der Waals surface area (Å²) in [5, 5.41) is 8.32. The minimum atomic E-state index is 0.752. The molecule has 1 aromatic rings. The van der Waals surface area contributed by atoms with Gasteiger partial charge in [-0.15, -0.1) is 0 Å². The Kier molecular flexibility index (Phi) is 3.76. The third-order valence-electron chi connectivity index (χ3n) is 4.63. The van der Waals surface area contributed by atoms with E-state index in [0.29, 0.717) is 0 Å². The van der Waals surface area contributed by atoms with Crippen molar-refractivity contribution in [3.8, 4) is 0 Å². The largest absolute Gasteiger partial charge is 0.356 e. The van der Waals surface area contributed by atoms with Crippen LogP contribution in [0.2, 0.25) is 0 Å². The number of piperidine rings is 1. The lowest BCUT2D eigenvalue weighted by Gasteiger charge is -2.37. The maximum atomic E-state index is 4.67. The third kappa shape index (κ3) is 2.85. The van der Waals surface area contributed by atoms with E-state index < -0.39 is 0 Å². The molecule has 0 aromatic carbocycles. The first-order chi connectivity index (χ1) is 9.54. The molecule has 0 radical (unpaired) electrons. The van der Waals surface area contributed by atoms with Gasteiger partial charge in [0, 0.05) is 38.3 Å². The molecular formula is C16H28N4. The number of nitrogens with one attached hydrogen (secondary N) is 1. The highest BCUT2D eigenvalue weighted by Crippen LogP contribution is 2.30. The molecule has 0 amide bonds. The van der Waals surface area contributed by atoms with Gasteiger partial charge in [0.25, 0.3) is 0 Å². The van der Waals surface area contributed by atoms with Gasteiger partial charge < -0.3 is 10.2 Å². The van der Waals surface area contributed by atoms with Gasteiger partial charge in [-0.1, -0.05) is 13.8 Å². The lowest BCUT2D eigenvalue weighted by atomic mass is 9.91. The van der Waals surface area contributed by atoms with Crippen molar-refractivity contribution in [2.45, 2.75) is 52.6 Å². The number of aryl methyl sites for hydroxylation is 2. The normalized spacial score (nSPS) is 27.1. The smallest absolute Gasteiger partial charge is 0.131 e. The summed E-state index contributed by atoms with van der Waals surface area (Å²) in [4.78, 5) is 2.56. The lowest BCUT2D eigenvalue weighted by molar-refractivity contribution is 0.352. The van der Waals surface area contributed by atoms with Crippen LogP contribution in [-0.4, -0.2) is 28.9 Å². The highest BCUT2D eigenvalue weighted by molar-refractivity contribution is 5.50. The van der Waals surface area contributed by atoms with Crippen LogP contribution >= 0.6 is 0 Å². The van der Waals surface area contributed by atoms with E-state index in [1.165, 1.54) is 49.4 Å². The molecule has 1 saturated heterocycles. The van der Waals surface area contributed by atoms with Crippen molar-refractivity contribution < 1.29 is 0 Å². The zero-order chi connectivity index (χ0) is 14.3. The van der Waals surface area contributed by atoms with E-state index in [-0.39, 0.29) is 0 Å². The molecule has 112 valence electrons. The molecule has 2 atom stereocenters. The predicted molar refractivity (Wildman–Crippen MR) is 83.0 cm³/mol. The Bertz CT molecular complexity index is 465. The Labute approximate surface area is 122 Å². The van der Waals surface area contributed by atoms with E-state index in [4.69, 9.17) is 0 Å². The Morgan fingerprint density at radius 3 is 2.45 bits per heavy atom. The SMILES string of the molecule is Cc1nn(C)c(N2CC(C)CC(C)C2)c1CNC1CC1. The number of hydrogen-bond acceptors (Lipinski definition) is 3. The van der Waals surface area contributed by atoms with E-state index >= 15 is 0 Å². The minimum absolute atomic E-state index is 0.752. The maximum Gasteiger partial charge on any atom is 0.131 e. The van der Waals surface area contributed by atoms with E-state index in [0.717, 1.165) is 24.4 Å². The van der Waals surface area contributed by atoms with Crippen LogP contribution < -0.4 is 10.2 Å². The van der Waals surface area contributed by atoms with Crippen molar-refractivity contribution in [3.05, 3.63) is 11.3 Å². The molecule has 1 aliphatic carbocycles. The lowest BCUT2D eigenvalue weighted by Crippen LogP contribution is -2.40. The van der Waals surface area contributed by atoms with Gasteiger partial charge in [0.05, 0.1) is 5.69 Å². The number of nitrogens with zero attached hydrogens (tertiary/aromatic N) is 3. The van der Waals surface area contributed by atoms with Gasteiger partial charge in [-0.3, -0.25) is 4.68 Å². The topological polar surface area (TPSA) is 33.1 Å². The van der Waals surface area contributed by atoms with Crippen molar-refractivity contribution in [1.82, 2.24) is 15.1 Å². The molecule has 1 aromatic heterocycles. The molecule has 2 heterocycles. The van der Waals surface area contributed by atoms with E-state index in [2.05, 4.69) is 47.8 Å². The van der Waals surface area contributed by atoms with Gasteiger partial charge in [-0.25, -0.2) is 0 Å². The molecule has 3 rings (SSSR count). The first-order valence-electron chi connectivity index (χ1n) is 8.05. The second-order valence-corrected chi connectivity index (χ2v) is 7.02. The molecule has 0 bridgehead atoms. The van der Waals surface area contributed by atoms with Gasteiger partial charge in [-0.05, 0) is 38.0 Å². The van der Waals surface area contributed by atoms with Crippen LogP contribution in [0.1, 0.15) is 44.4 Å². The average molecular weight is 276 g/mol.